The zero-order chi connectivity index (χ0) is 23.9. The molecule has 3 heterocycles. The van der Waals surface area contributed by atoms with Crippen molar-refractivity contribution < 1.29 is 14.6 Å². The van der Waals surface area contributed by atoms with Crippen LogP contribution in [0.1, 0.15) is 5.69 Å². The fourth-order valence-corrected chi connectivity index (χ4v) is 3.43. The number of aromatic nitrogens is 4. The normalized spacial score (nSPS) is 17.3. The largest absolute Gasteiger partial charge is 0.387 e. The molecule has 6 N–H and O–H groups in total. The summed E-state index contributed by atoms with van der Waals surface area (Å²) in [5, 5.41) is 14.4. The molecule has 4 rings (SSSR count). The third-order valence-electron chi connectivity index (χ3n) is 5.15. The van der Waals surface area contributed by atoms with Gasteiger partial charge in [-0.15, -0.1) is 0 Å². The number of nitrogens with zero attached hydrogens (tertiary/aromatic N) is 4. The zero-order valence-electron chi connectivity index (χ0n) is 18.6. The highest BCUT2D eigenvalue weighted by molar-refractivity contribution is 6.12. The lowest BCUT2D eigenvalue weighted by Crippen LogP contribution is -2.35. The SMILES string of the molecule is COC1C=C(c2[nH]c(-c3ccccc3)nc2-c2ccnc(NCCNC(=O)CO)n2)C=NC1N. The van der Waals surface area contributed by atoms with Gasteiger partial charge in [-0.2, -0.15) is 0 Å². The van der Waals surface area contributed by atoms with Gasteiger partial charge >= 0.3 is 0 Å². The molecular weight excluding hydrogens is 436 g/mol. The predicted molar refractivity (Wildman–Crippen MR) is 129 cm³/mol. The van der Waals surface area contributed by atoms with Gasteiger partial charge in [-0.1, -0.05) is 30.3 Å². The second kappa shape index (κ2) is 10.8. The van der Waals surface area contributed by atoms with Crippen molar-refractivity contribution in [3.63, 3.8) is 0 Å². The number of dihydropyridines is 1. The molecule has 0 spiro atoms. The summed E-state index contributed by atoms with van der Waals surface area (Å²) in [6.45, 7) is 0.162. The lowest BCUT2D eigenvalue weighted by Gasteiger charge is -2.20. The Hall–Kier alpha value is -3.93. The van der Waals surface area contributed by atoms with Gasteiger partial charge in [0.05, 0.1) is 11.4 Å². The Bertz CT molecular complexity index is 1190. The number of H-pyrrole nitrogens is 1. The number of hydrogen-bond donors (Lipinski definition) is 5. The number of nitrogens with one attached hydrogen (secondary N) is 3. The molecule has 176 valence electrons. The minimum atomic E-state index is -0.550. The number of amides is 1. The topological polar surface area (TPSA) is 163 Å². The average molecular weight is 463 g/mol. The molecule has 1 aromatic carbocycles. The third-order valence-corrected chi connectivity index (χ3v) is 5.15. The van der Waals surface area contributed by atoms with Crippen LogP contribution in [-0.4, -0.2) is 76.2 Å². The Morgan fingerprint density at radius 2 is 2.03 bits per heavy atom. The molecule has 0 saturated heterocycles. The van der Waals surface area contributed by atoms with E-state index >= 15 is 0 Å². The van der Waals surface area contributed by atoms with Gasteiger partial charge in [0.15, 0.2) is 0 Å². The number of ether oxygens (including phenoxy) is 1. The Balaban J connectivity index is 1.66. The zero-order valence-corrected chi connectivity index (χ0v) is 18.6. The van der Waals surface area contributed by atoms with Crippen molar-refractivity contribution in [3.8, 4) is 22.8 Å². The maximum Gasteiger partial charge on any atom is 0.245 e. The Morgan fingerprint density at radius 1 is 1.21 bits per heavy atom. The molecule has 11 heteroatoms. The van der Waals surface area contributed by atoms with Crippen molar-refractivity contribution in [2.75, 3.05) is 32.1 Å². The number of carbonyl (C=O) groups is 1. The van der Waals surface area contributed by atoms with Gasteiger partial charge in [-0.25, -0.2) is 15.0 Å². The fourth-order valence-electron chi connectivity index (χ4n) is 3.43. The molecule has 0 saturated carbocycles. The van der Waals surface area contributed by atoms with Gasteiger partial charge < -0.3 is 31.2 Å². The van der Waals surface area contributed by atoms with E-state index in [9.17, 15) is 4.79 Å². The first-order chi connectivity index (χ1) is 16.6. The quantitative estimate of drug-likeness (QED) is 0.292. The summed E-state index contributed by atoms with van der Waals surface area (Å²) in [4.78, 5) is 32.6. The van der Waals surface area contributed by atoms with Crippen molar-refractivity contribution >= 4 is 23.6 Å². The minimum Gasteiger partial charge on any atom is -0.387 e. The molecule has 2 atom stereocenters. The van der Waals surface area contributed by atoms with Gasteiger partial charge in [-0.05, 0) is 12.1 Å². The summed E-state index contributed by atoms with van der Waals surface area (Å²) >= 11 is 0. The predicted octanol–water partition coefficient (Wildman–Crippen LogP) is 0.822. The van der Waals surface area contributed by atoms with Crippen molar-refractivity contribution in [1.29, 1.82) is 0 Å². The number of imidazole rings is 1. The molecule has 2 aromatic heterocycles. The van der Waals surface area contributed by atoms with Gasteiger partial charge in [0, 0.05) is 43.7 Å². The van der Waals surface area contributed by atoms with Crippen molar-refractivity contribution in [2.24, 2.45) is 10.7 Å². The standard InChI is InChI=1S/C23H26N8O3/c1-34-17-11-15(12-28-21(17)24)19-20(31-22(30-19)14-5-3-2-4-6-14)16-7-8-26-23(29-16)27-10-9-25-18(33)13-32/h2-8,11-12,17,21,32H,9-10,13,24H2,1H3,(H,25,33)(H,30,31)(H,26,27,29). The highest BCUT2D eigenvalue weighted by Gasteiger charge is 2.23. The van der Waals surface area contributed by atoms with Crippen LogP contribution in [0, 0.1) is 0 Å². The van der Waals surface area contributed by atoms with E-state index < -0.39 is 18.7 Å². The third kappa shape index (κ3) is 5.34. The van der Waals surface area contributed by atoms with Gasteiger partial charge in [0.1, 0.15) is 30.4 Å². The number of carbonyl (C=O) groups excluding carboxylic acids is 1. The molecule has 3 aromatic rings. The number of aliphatic hydroxyl groups excluding tert-OH is 1. The Kier molecular flexibility index (Phi) is 7.38. The molecule has 11 nitrogen and oxygen atoms in total. The maximum absolute atomic E-state index is 11.2. The second-order valence-corrected chi connectivity index (χ2v) is 7.47. The first kappa shape index (κ1) is 23.2. The van der Waals surface area contributed by atoms with E-state index in [2.05, 4.69) is 30.6 Å². The summed E-state index contributed by atoms with van der Waals surface area (Å²) < 4.78 is 5.46. The first-order valence-corrected chi connectivity index (χ1v) is 10.7. The van der Waals surface area contributed by atoms with Crippen LogP contribution >= 0.6 is 0 Å². The highest BCUT2D eigenvalue weighted by Crippen LogP contribution is 2.30. The summed E-state index contributed by atoms with van der Waals surface area (Å²) in [6.07, 6.45) is 4.40. The van der Waals surface area contributed by atoms with E-state index in [4.69, 9.17) is 20.6 Å². The smallest absolute Gasteiger partial charge is 0.245 e. The summed E-state index contributed by atoms with van der Waals surface area (Å²) in [5.41, 5.74) is 9.69. The number of aliphatic imine (C=N–C) groups is 1. The Labute approximate surface area is 196 Å². The van der Waals surface area contributed by atoms with E-state index in [1.54, 1.807) is 25.6 Å². The van der Waals surface area contributed by atoms with E-state index in [1.807, 2.05) is 36.4 Å². The number of aliphatic hydroxyl groups is 1. The number of allylic oxidation sites excluding steroid dienone is 1. The van der Waals surface area contributed by atoms with Gasteiger partial charge in [0.25, 0.3) is 0 Å². The molecule has 2 unspecified atom stereocenters. The monoisotopic (exact) mass is 462 g/mol. The Morgan fingerprint density at radius 3 is 2.79 bits per heavy atom. The molecule has 1 amide bonds. The van der Waals surface area contributed by atoms with E-state index in [0.29, 0.717) is 36.3 Å². The van der Waals surface area contributed by atoms with Crippen LogP contribution in [0.2, 0.25) is 0 Å². The fraction of sp³-hybridized carbons (Fsp3) is 0.261. The number of hydrogen-bond acceptors (Lipinski definition) is 9. The van der Waals surface area contributed by atoms with Crippen molar-refractivity contribution in [3.05, 3.63) is 54.4 Å². The summed E-state index contributed by atoms with van der Waals surface area (Å²) in [5.74, 6) is 0.625. The molecule has 0 aliphatic carbocycles. The van der Waals surface area contributed by atoms with Crippen LogP contribution in [0.3, 0.4) is 0 Å². The number of methoxy groups -OCH3 is 1. The van der Waals surface area contributed by atoms with Crippen LogP contribution in [0.5, 0.6) is 0 Å². The van der Waals surface area contributed by atoms with Crippen LogP contribution in [0.25, 0.3) is 28.3 Å². The van der Waals surface area contributed by atoms with Crippen molar-refractivity contribution in [1.82, 2.24) is 25.3 Å². The molecule has 0 radical (unpaired) electrons. The number of rotatable bonds is 9. The number of nitrogens with two attached hydrogens (primary N) is 1. The molecule has 1 aliphatic heterocycles. The van der Waals surface area contributed by atoms with E-state index in [1.165, 1.54) is 0 Å². The highest BCUT2D eigenvalue weighted by atomic mass is 16.5. The van der Waals surface area contributed by atoms with E-state index in [-0.39, 0.29) is 6.10 Å². The maximum atomic E-state index is 11.2. The molecule has 0 bridgehead atoms. The van der Waals surface area contributed by atoms with E-state index in [0.717, 1.165) is 16.8 Å². The van der Waals surface area contributed by atoms with Gasteiger partial charge in [0.2, 0.25) is 11.9 Å². The number of benzene rings is 1. The molecular formula is C23H26N8O3. The lowest BCUT2D eigenvalue weighted by atomic mass is 10.0. The lowest BCUT2D eigenvalue weighted by molar-refractivity contribution is -0.123. The van der Waals surface area contributed by atoms with Crippen LogP contribution in [-0.2, 0) is 9.53 Å². The summed E-state index contributed by atoms with van der Waals surface area (Å²) in [6, 6.07) is 11.5. The first-order valence-electron chi connectivity index (χ1n) is 10.7. The second-order valence-electron chi connectivity index (χ2n) is 7.47. The summed E-state index contributed by atoms with van der Waals surface area (Å²) in [7, 11) is 1.59. The van der Waals surface area contributed by atoms with Gasteiger partial charge in [-0.3, -0.25) is 9.79 Å². The molecule has 1 aliphatic rings. The minimum absolute atomic E-state index is 0.320. The average Bonchev–Trinajstić information content (AvgIpc) is 3.33. The van der Waals surface area contributed by atoms with Crippen LogP contribution in [0.4, 0.5) is 5.95 Å². The van der Waals surface area contributed by atoms with Crippen LogP contribution in [0.15, 0.2) is 53.7 Å². The number of anilines is 1. The van der Waals surface area contributed by atoms with Crippen LogP contribution < -0.4 is 16.4 Å². The molecule has 0 fully saturated rings. The number of aromatic amines is 1. The van der Waals surface area contributed by atoms with Crippen molar-refractivity contribution in [2.45, 2.75) is 12.3 Å². The molecule has 34 heavy (non-hydrogen) atoms.